The molecule has 2 aromatic rings. The highest BCUT2D eigenvalue weighted by atomic mass is 15.3. The van der Waals surface area contributed by atoms with E-state index in [1.807, 2.05) is 6.07 Å². The zero-order valence-electron chi connectivity index (χ0n) is 16.0. The molecule has 1 unspecified atom stereocenters. The molecule has 27 heavy (non-hydrogen) atoms. The molecule has 6 N–H and O–H groups in total. The number of nitrogens with two attached hydrogens (primary N) is 2. The maximum absolute atomic E-state index is 6.56. The smallest absolute Gasteiger partial charge is 0.212 e. The number of aryl methyl sites for hydroxylation is 1. The SMILES string of the molecule is CCN1CCN(Cc2ccc(C3(N)N=C(N)c4[nH]cnc4N3)c(C)c2)CC1. The van der Waals surface area contributed by atoms with Gasteiger partial charge in [0.1, 0.15) is 5.69 Å². The summed E-state index contributed by atoms with van der Waals surface area (Å²) in [5.41, 5.74) is 16.6. The fraction of sp³-hybridized carbons (Fsp3) is 0.474. The van der Waals surface area contributed by atoms with Gasteiger partial charge >= 0.3 is 0 Å². The van der Waals surface area contributed by atoms with E-state index in [-0.39, 0.29) is 0 Å². The van der Waals surface area contributed by atoms with Gasteiger partial charge in [-0.1, -0.05) is 25.1 Å². The van der Waals surface area contributed by atoms with E-state index in [9.17, 15) is 0 Å². The number of rotatable bonds is 4. The number of nitrogens with zero attached hydrogens (tertiary/aromatic N) is 4. The van der Waals surface area contributed by atoms with Crippen molar-refractivity contribution in [2.45, 2.75) is 26.2 Å². The molecule has 2 aliphatic heterocycles. The fourth-order valence-corrected chi connectivity index (χ4v) is 3.94. The van der Waals surface area contributed by atoms with Crippen LogP contribution in [0.1, 0.15) is 29.3 Å². The Labute approximate surface area is 159 Å². The Kier molecular flexibility index (Phi) is 4.63. The van der Waals surface area contributed by atoms with Crippen LogP contribution in [0.25, 0.3) is 0 Å². The minimum Gasteiger partial charge on any atom is -0.382 e. The first kappa shape index (κ1) is 18.0. The number of H-pyrrole nitrogens is 1. The van der Waals surface area contributed by atoms with Gasteiger partial charge in [-0.3, -0.25) is 10.6 Å². The van der Waals surface area contributed by atoms with Crippen molar-refractivity contribution in [3.05, 3.63) is 46.9 Å². The van der Waals surface area contributed by atoms with Gasteiger partial charge in [0, 0.05) is 38.3 Å². The number of fused-ring (bicyclic) bond motifs is 1. The zero-order chi connectivity index (χ0) is 19.0. The first-order valence-corrected chi connectivity index (χ1v) is 9.49. The highest BCUT2D eigenvalue weighted by Crippen LogP contribution is 2.30. The van der Waals surface area contributed by atoms with Crippen molar-refractivity contribution in [1.82, 2.24) is 19.8 Å². The number of imidazole rings is 1. The lowest BCUT2D eigenvalue weighted by Gasteiger charge is -2.34. The summed E-state index contributed by atoms with van der Waals surface area (Å²) >= 11 is 0. The van der Waals surface area contributed by atoms with E-state index >= 15 is 0 Å². The number of aliphatic imine (C=N–C) groups is 1. The molecule has 4 rings (SSSR count). The number of hydrogen-bond acceptors (Lipinski definition) is 7. The number of amidine groups is 1. The summed E-state index contributed by atoms with van der Waals surface area (Å²) < 4.78 is 0. The van der Waals surface area contributed by atoms with Crippen LogP contribution in [0.3, 0.4) is 0 Å². The number of nitrogens with one attached hydrogen (secondary N) is 2. The predicted molar refractivity (Wildman–Crippen MR) is 107 cm³/mol. The average molecular weight is 368 g/mol. The van der Waals surface area contributed by atoms with Crippen molar-refractivity contribution in [3.8, 4) is 0 Å². The lowest BCUT2D eigenvalue weighted by atomic mass is 9.98. The third-order valence-corrected chi connectivity index (χ3v) is 5.52. The fourth-order valence-electron chi connectivity index (χ4n) is 3.94. The maximum Gasteiger partial charge on any atom is 0.212 e. The monoisotopic (exact) mass is 368 g/mol. The van der Waals surface area contributed by atoms with E-state index in [4.69, 9.17) is 11.5 Å². The van der Waals surface area contributed by atoms with Crippen LogP contribution in [0.2, 0.25) is 0 Å². The summed E-state index contributed by atoms with van der Waals surface area (Å²) in [6.07, 6.45) is 1.58. The minimum absolute atomic E-state index is 0.362. The van der Waals surface area contributed by atoms with Crippen molar-refractivity contribution < 1.29 is 0 Å². The molecule has 0 saturated carbocycles. The molecule has 0 radical (unpaired) electrons. The molecule has 0 bridgehead atoms. The number of aromatic amines is 1. The number of aromatic nitrogens is 2. The second-order valence-corrected chi connectivity index (χ2v) is 7.37. The normalized spacial score (nSPS) is 23.6. The number of benzene rings is 1. The van der Waals surface area contributed by atoms with Gasteiger partial charge in [-0.05, 0) is 24.6 Å². The van der Waals surface area contributed by atoms with Crippen LogP contribution in [0.15, 0.2) is 29.5 Å². The first-order chi connectivity index (χ1) is 13.0. The van der Waals surface area contributed by atoms with Gasteiger partial charge in [0.2, 0.25) is 5.79 Å². The molecule has 144 valence electrons. The standard InChI is InChI=1S/C19H28N8/c1-3-26-6-8-27(9-7-26)11-14-4-5-15(13(2)10-14)19(21)24-17(20)16-18(25-19)23-12-22-16/h4-5,10,12,25H,3,6-9,11,21H2,1-2H3,(H2,20,24)(H,22,23). The van der Waals surface area contributed by atoms with Crippen molar-refractivity contribution in [2.24, 2.45) is 16.5 Å². The van der Waals surface area contributed by atoms with Gasteiger partial charge in [-0.2, -0.15) is 0 Å². The van der Waals surface area contributed by atoms with Crippen LogP contribution in [0.4, 0.5) is 5.82 Å². The summed E-state index contributed by atoms with van der Waals surface area (Å²) in [5, 5.41) is 3.21. The van der Waals surface area contributed by atoms with Gasteiger partial charge < -0.3 is 20.9 Å². The molecule has 3 heterocycles. The summed E-state index contributed by atoms with van der Waals surface area (Å²) in [4.78, 5) is 16.7. The van der Waals surface area contributed by atoms with Gasteiger partial charge in [0.05, 0.1) is 6.33 Å². The quantitative estimate of drug-likeness (QED) is 0.634. The van der Waals surface area contributed by atoms with Gasteiger partial charge in [-0.25, -0.2) is 9.98 Å². The molecule has 1 aromatic heterocycles. The minimum atomic E-state index is -1.11. The predicted octanol–water partition coefficient (Wildman–Crippen LogP) is 0.756. The van der Waals surface area contributed by atoms with Crippen LogP contribution in [0.5, 0.6) is 0 Å². The first-order valence-electron chi connectivity index (χ1n) is 9.49. The molecule has 1 saturated heterocycles. The Bertz CT molecular complexity index is 849. The molecular weight excluding hydrogens is 340 g/mol. The summed E-state index contributed by atoms with van der Waals surface area (Å²) in [7, 11) is 0. The summed E-state index contributed by atoms with van der Waals surface area (Å²) in [5.74, 6) is -0.120. The molecule has 1 atom stereocenters. The lowest BCUT2D eigenvalue weighted by molar-refractivity contribution is 0.132. The molecule has 0 spiro atoms. The molecule has 1 aromatic carbocycles. The Morgan fingerprint density at radius 1 is 1.19 bits per heavy atom. The van der Waals surface area contributed by atoms with Crippen LogP contribution < -0.4 is 16.8 Å². The number of anilines is 1. The van der Waals surface area contributed by atoms with Crippen molar-refractivity contribution >= 4 is 11.7 Å². The largest absolute Gasteiger partial charge is 0.382 e. The number of likely N-dealkylation sites (N-methyl/N-ethyl adjacent to an activating group) is 1. The van der Waals surface area contributed by atoms with Crippen molar-refractivity contribution in [2.75, 3.05) is 38.0 Å². The van der Waals surface area contributed by atoms with Crippen LogP contribution in [-0.2, 0) is 12.3 Å². The summed E-state index contributed by atoms with van der Waals surface area (Å²) in [6, 6.07) is 6.38. The third-order valence-electron chi connectivity index (χ3n) is 5.52. The Morgan fingerprint density at radius 3 is 2.63 bits per heavy atom. The molecule has 8 nitrogen and oxygen atoms in total. The average Bonchev–Trinajstić information content (AvgIpc) is 3.11. The topological polar surface area (TPSA) is 112 Å². The highest BCUT2D eigenvalue weighted by molar-refractivity contribution is 6.01. The van der Waals surface area contributed by atoms with E-state index in [0.29, 0.717) is 17.3 Å². The molecule has 1 fully saturated rings. The Hall–Kier alpha value is -2.42. The van der Waals surface area contributed by atoms with E-state index in [0.717, 1.165) is 50.4 Å². The summed E-state index contributed by atoms with van der Waals surface area (Å²) in [6.45, 7) is 10.9. The molecule has 0 aliphatic carbocycles. The Balaban J connectivity index is 1.52. The van der Waals surface area contributed by atoms with Crippen LogP contribution in [0, 0.1) is 6.92 Å². The van der Waals surface area contributed by atoms with E-state index in [1.54, 1.807) is 6.33 Å². The Morgan fingerprint density at radius 2 is 1.93 bits per heavy atom. The highest BCUT2D eigenvalue weighted by Gasteiger charge is 2.34. The molecular formula is C19H28N8. The molecule has 8 heteroatoms. The second kappa shape index (κ2) is 6.95. The maximum atomic E-state index is 6.56. The van der Waals surface area contributed by atoms with E-state index in [1.165, 1.54) is 5.56 Å². The number of piperazine rings is 1. The molecule has 0 amide bonds. The number of hydrogen-bond donors (Lipinski definition) is 4. The zero-order valence-corrected chi connectivity index (χ0v) is 16.0. The second-order valence-electron chi connectivity index (χ2n) is 7.37. The van der Waals surface area contributed by atoms with Crippen molar-refractivity contribution in [1.29, 1.82) is 0 Å². The van der Waals surface area contributed by atoms with Gasteiger partial charge in [0.15, 0.2) is 11.7 Å². The third kappa shape index (κ3) is 3.43. The van der Waals surface area contributed by atoms with E-state index in [2.05, 4.69) is 56.1 Å². The van der Waals surface area contributed by atoms with Gasteiger partial charge in [0.25, 0.3) is 0 Å². The van der Waals surface area contributed by atoms with Crippen LogP contribution >= 0.6 is 0 Å². The van der Waals surface area contributed by atoms with E-state index < -0.39 is 5.79 Å². The molecule has 2 aliphatic rings. The van der Waals surface area contributed by atoms with Crippen LogP contribution in [-0.4, -0.2) is 58.3 Å². The van der Waals surface area contributed by atoms with Crippen molar-refractivity contribution in [3.63, 3.8) is 0 Å². The lowest BCUT2D eigenvalue weighted by Crippen LogP contribution is -2.48. The van der Waals surface area contributed by atoms with Gasteiger partial charge in [-0.15, -0.1) is 0 Å².